The smallest absolute Gasteiger partial charge is 0.344 e. The first-order valence-electron chi connectivity index (χ1n) is 5.91. The number of sulfone groups is 1. The predicted octanol–water partition coefficient (Wildman–Crippen LogP) is 1.74. The first-order valence-corrected chi connectivity index (χ1v) is 8.24. The van der Waals surface area contributed by atoms with Crippen molar-refractivity contribution in [2.75, 3.05) is 6.26 Å². The molecule has 22 heavy (non-hydrogen) atoms. The number of halogens is 1. The largest absolute Gasteiger partial charge is 0.400 e. The number of carbonyl (C=O) groups excluding carboxylic acids is 2. The third-order valence-electron chi connectivity index (χ3n) is 2.61. The number of hydrogen-bond acceptors (Lipinski definition) is 7. The van der Waals surface area contributed by atoms with Crippen molar-refractivity contribution in [2.45, 2.75) is 5.25 Å². The number of hydrogen-bond donors (Lipinski definition) is 0. The van der Waals surface area contributed by atoms with Crippen LogP contribution in [0.1, 0.15) is 21.4 Å². The summed E-state index contributed by atoms with van der Waals surface area (Å²) in [4.78, 5) is 23.0. The Morgan fingerprint density at radius 2 is 1.91 bits per heavy atom. The van der Waals surface area contributed by atoms with Crippen LogP contribution >= 0.6 is 11.6 Å². The molecule has 0 aliphatic heterocycles. The molecular weight excluding hydrogens is 334 g/mol. The van der Waals surface area contributed by atoms with Crippen molar-refractivity contribution >= 4 is 32.6 Å². The highest BCUT2D eigenvalue weighted by Crippen LogP contribution is 2.27. The monoisotopic (exact) mass is 343 g/mol. The Balaban J connectivity index is 2.21. The highest BCUT2D eigenvalue weighted by atomic mass is 35.5. The maximum absolute atomic E-state index is 11.8. The number of carbonyl (C=O) groups is 2. The fraction of sp³-hybridized carbons (Fsp3) is 0.154. The fourth-order valence-electron chi connectivity index (χ4n) is 1.66. The number of aromatic nitrogens is 1. The molecule has 0 N–H and O–H groups in total. The number of benzene rings is 1. The number of ether oxygens (including phenoxy) is 1. The van der Waals surface area contributed by atoms with Crippen molar-refractivity contribution in [2.24, 2.45) is 0 Å². The van der Waals surface area contributed by atoms with Crippen LogP contribution in [0.25, 0.3) is 0 Å². The maximum Gasteiger partial charge on any atom is 0.344 e. The van der Waals surface area contributed by atoms with Crippen LogP contribution in [-0.4, -0.2) is 31.0 Å². The molecule has 0 aliphatic carbocycles. The molecule has 0 saturated heterocycles. The minimum atomic E-state index is -3.84. The number of rotatable bonds is 5. The molecule has 1 aromatic carbocycles. The third-order valence-corrected chi connectivity index (χ3v) is 4.26. The van der Waals surface area contributed by atoms with E-state index in [1.54, 1.807) is 18.2 Å². The lowest BCUT2D eigenvalue weighted by Gasteiger charge is -2.04. The van der Waals surface area contributed by atoms with Gasteiger partial charge in [-0.15, -0.1) is 0 Å². The van der Waals surface area contributed by atoms with E-state index in [-0.39, 0.29) is 17.2 Å². The van der Waals surface area contributed by atoms with Gasteiger partial charge in [0.15, 0.2) is 20.8 Å². The molecule has 116 valence electrons. The van der Waals surface area contributed by atoms with Crippen LogP contribution in [0.5, 0.6) is 5.88 Å². The average molecular weight is 344 g/mol. The zero-order valence-corrected chi connectivity index (χ0v) is 12.8. The molecule has 2 rings (SSSR count). The van der Waals surface area contributed by atoms with E-state index in [0.29, 0.717) is 0 Å². The van der Waals surface area contributed by atoms with Crippen molar-refractivity contribution in [3.05, 3.63) is 47.7 Å². The molecule has 1 aromatic heterocycles. The van der Waals surface area contributed by atoms with Crippen molar-refractivity contribution in [3.8, 4) is 5.88 Å². The summed E-state index contributed by atoms with van der Waals surface area (Å²) >= 11 is 5.26. The van der Waals surface area contributed by atoms with Crippen molar-refractivity contribution < 1.29 is 27.3 Å². The molecule has 0 saturated carbocycles. The highest BCUT2D eigenvalue weighted by molar-refractivity contribution is 7.91. The van der Waals surface area contributed by atoms with Crippen molar-refractivity contribution in [1.29, 1.82) is 0 Å². The van der Waals surface area contributed by atoms with E-state index in [1.165, 1.54) is 12.1 Å². The molecule has 0 spiro atoms. The lowest BCUT2D eigenvalue weighted by atomic mass is 10.2. The molecule has 2 aromatic rings. The van der Waals surface area contributed by atoms with Gasteiger partial charge >= 0.3 is 5.97 Å². The van der Waals surface area contributed by atoms with E-state index in [0.717, 1.165) is 12.3 Å². The van der Waals surface area contributed by atoms with Gasteiger partial charge in [0.25, 0.3) is 5.88 Å². The van der Waals surface area contributed by atoms with Crippen LogP contribution in [-0.2, 0) is 14.6 Å². The molecular formula is C13H10ClNO6S. The highest BCUT2D eigenvalue weighted by Gasteiger charge is 2.34. The summed E-state index contributed by atoms with van der Waals surface area (Å²) in [5.74, 6) is -1.29. The molecule has 0 aliphatic rings. The minimum absolute atomic E-state index is 0.268. The van der Waals surface area contributed by atoms with Gasteiger partial charge < -0.3 is 9.26 Å². The summed E-state index contributed by atoms with van der Waals surface area (Å²) in [5.41, 5.74) is 0.278. The van der Waals surface area contributed by atoms with Crippen LogP contribution in [0.15, 0.2) is 40.9 Å². The van der Waals surface area contributed by atoms with Gasteiger partial charge in [0.05, 0.1) is 5.56 Å². The number of esters is 1. The summed E-state index contributed by atoms with van der Waals surface area (Å²) in [7, 11) is -3.84. The Bertz CT molecular complexity index is 799. The van der Waals surface area contributed by atoms with E-state index in [9.17, 15) is 18.0 Å². The van der Waals surface area contributed by atoms with Gasteiger partial charge in [-0.1, -0.05) is 18.2 Å². The summed E-state index contributed by atoms with van der Waals surface area (Å²) < 4.78 is 32.7. The van der Waals surface area contributed by atoms with E-state index >= 15 is 0 Å². The molecule has 7 nitrogen and oxygen atoms in total. The second-order valence-corrected chi connectivity index (χ2v) is 6.84. The summed E-state index contributed by atoms with van der Waals surface area (Å²) in [6.07, 6.45) is 0.829. The van der Waals surface area contributed by atoms with Gasteiger partial charge in [0.1, 0.15) is 0 Å². The Labute approximate surface area is 130 Å². The lowest BCUT2D eigenvalue weighted by Crippen LogP contribution is -2.16. The van der Waals surface area contributed by atoms with Crippen LogP contribution in [0.3, 0.4) is 0 Å². The van der Waals surface area contributed by atoms with Crippen LogP contribution in [0.2, 0.25) is 0 Å². The molecule has 1 atom stereocenters. The standard InChI is InChI=1S/C13H10ClNO6S/c1-22(18,19)11(12(14)16)9-7-10(15-21-9)20-13(17)8-5-3-2-4-6-8/h2-7,11H,1H3. The summed E-state index contributed by atoms with van der Waals surface area (Å²) in [6, 6.07) is 9.13. The first kappa shape index (κ1) is 16.2. The van der Waals surface area contributed by atoms with Crippen molar-refractivity contribution in [3.63, 3.8) is 0 Å². The van der Waals surface area contributed by atoms with E-state index in [4.69, 9.17) is 20.9 Å². The molecule has 0 radical (unpaired) electrons. The molecule has 0 bridgehead atoms. The van der Waals surface area contributed by atoms with E-state index in [1.807, 2.05) is 0 Å². The zero-order valence-electron chi connectivity index (χ0n) is 11.2. The SMILES string of the molecule is CS(=O)(=O)C(C(=O)Cl)c1cc(OC(=O)c2ccccc2)no1. The van der Waals surface area contributed by atoms with Gasteiger partial charge in [-0.25, -0.2) is 13.2 Å². The van der Waals surface area contributed by atoms with Crippen LogP contribution < -0.4 is 4.74 Å². The molecule has 0 amide bonds. The lowest BCUT2D eigenvalue weighted by molar-refractivity contribution is -0.111. The maximum atomic E-state index is 11.8. The average Bonchev–Trinajstić information content (AvgIpc) is 2.85. The second-order valence-electron chi connectivity index (χ2n) is 4.34. The Hall–Kier alpha value is -2.19. The topological polar surface area (TPSA) is 104 Å². The zero-order chi connectivity index (χ0) is 16.3. The van der Waals surface area contributed by atoms with Gasteiger partial charge in [-0.2, -0.15) is 0 Å². The fourth-order valence-corrected chi connectivity index (χ4v) is 3.13. The van der Waals surface area contributed by atoms with Crippen molar-refractivity contribution in [1.82, 2.24) is 5.16 Å². The van der Waals surface area contributed by atoms with E-state index < -0.39 is 26.3 Å². The van der Waals surface area contributed by atoms with E-state index in [2.05, 4.69) is 5.16 Å². The molecule has 1 heterocycles. The van der Waals surface area contributed by atoms with Gasteiger partial charge in [0.2, 0.25) is 5.24 Å². The van der Waals surface area contributed by atoms with Gasteiger partial charge in [-0.3, -0.25) is 4.79 Å². The Kier molecular flexibility index (Phi) is 4.62. The molecule has 0 fully saturated rings. The molecule has 1 unspecified atom stereocenters. The quantitative estimate of drug-likeness (QED) is 0.601. The Morgan fingerprint density at radius 1 is 1.27 bits per heavy atom. The first-order chi connectivity index (χ1) is 10.3. The van der Waals surface area contributed by atoms with Crippen LogP contribution in [0, 0.1) is 0 Å². The summed E-state index contributed by atoms with van der Waals surface area (Å²) in [6.45, 7) is 0. The van der Waals surface area contributed by atoms with Gasteiger partial charge in [0, 0.05) is 12.3 Å². The predicted molar refractivity (Wildman–Crippen MR) is 76.3 cm³/mol. The summed E-state index contributed by atoms with van der Waals surface area (Å²) in [5, 5.41) is 0.563. The normalized spacial score (nSPS) is 12.6. The third kappa shape index (κ3) is 3.71. The minimum Gasteiger partial charge on any atom is -0.400 e. The molecule has 9 heteroatoms. The second kappa shape index (κ2) is 6.29. The number of nitrogens with zero attached hydrogens (tertiary/aromatic N) is 1. The van der Waals surface area contributed by atoms with Gasteiger partial charge in [-0.05, 0) is 28.9 Å². The van der Waals surface area contributed by atoms with Crippen LogP contribution in [0.4, 0.5) is 0 Å². The Morgan fingerprint density at radius 3 is 2.45 bits per heavy atom.